The van der Waals surface area contributed by atoms with Gasteiger partial charge in [-0.25, -0.2) is 13.4 Å². The lowest BCUT2D eigenvalue weighted by Gasteiger charge is -2.23. The van der Waals surface area contributed by atoms with Gasteiger partial charge in [0.1, 0.15) is 5.15 Å². The van der Waals surface area contributed by atoms with Crippen molar-refractivity contribution in [3.8, 4) is 0 Å². The fourth-order valence-corrected chi connectivity index (χ4v) is 4.01. The average molecular weight is 304 g/mol. The van der Waals surface area contributed by atoms with Crippen molar-refractivity contribution in [1.82, 2.24) is 9.88 Å². The monoisotopic (exact) mass is 303 g/mol. The smallest absolute Gasteiger partial charge is 0.257 e. The molecule has 2 N–H and O–H groups in total. The summed E-state index contributed by atoms with van der Waals surface area (Å²) in [6.07, 6.45) is 1.80. The van der Waals surface area contributed by atoms with Crippen molar-refractivity contribution in [1.29, 1.82) is 0 Å². The van der Waals surface area contributed by atoms with Crippen LogP contribution in [0.1, 0.15) is 16.8 Å². The van der Waals surface area contributed by atoms with E-state index in [1.165, 1.54) is 17.2 Å². The molecular weight excluding hydrogens is 290 g/mol. The minimum atomic E-state index is -3.04. The van der Waals surface area contributed by atoms with E-state index in [0.717, 1.165) is 0 Å². The third-order valence-corrected chi connectivity index (χ3v) is 5.22. The van der Waals surface area contributed by atoms with E-state index in [-0.39, 0.29) is 34.2 Å². The summed E-state index contributed by atoms with van der Waals surface area (Å²) < 4.78 is 22.9. The molecule has 1 saturated heterocycles. The van der Waals surface area contributed by atoms with Crippen molar-refractivity contribution in [2.75, 3.05) is 24.3 Å². The molecule has 1 amide bonds. The van der Waals surface area contributed by atoms with Crippen LogP contribution in [-0.2, 0) is 9.84 Å². The van der Waals surface area contributed by atoms with Gasteiger partial charge in [0.2, 0.25) is 0 Å². The largest absolute Gasteiger partial charge is 0.397 e. The van der Waals surface area contributed by atoms with Gasteiger partial charge in [-0.2, -0.15) is 0 Å². The average Bonchev–Trinajstić information content (AvgIpc) is 2.71. The van der Waals surface area contributed by atoms with Crippen LogP contribution in [0, 0.1) is 0 Å². The highest BCUT2D eigenvalue weighted by Gasteiger charge is 2.33. The highest BCUT2D eigenvalue weighted by molar-refractivity contribution is 7.91. The first-order valence-electron chi connectivity index (χ1n) is 5.69. The third-order valence-electron chi connectivity index (χ3n) is 3.17. The fourth-order valence-electron chi connectivity index (χ4n) is 2.05. The maximum absolute atomic E-state index is 12.3. The topological polar surface area (TPSA) is 93.4 Å². The molecule has 6 nitrogen and oxygen atoms in total. The minimum absolute atomic E-state index is 0.0113. The SMILES string of the molecule is CN(C(=O)c1cc(N)cnc1Cl)C1CCS(=O)(=O)C1. The molecule has 1 aromatic rings. The lowest BCUT2D eigenvalue weighted by Crippen LogP contribution is -2.38. The zero-order valence-electron chi connectivity index (χ0n) is 10.3. The van der Waals surface area contributed by atoms with Gasteiger partial charge < -0.3 is 10.6 Å². The molecule has 0 aliphatic carbocycles. The molecule has 1 aliphatic rings. The molecule has 1 aliphatic heterocycles. The number of hydrogen-bond donors (Lipinski definition) is 1. The van der Waals surface area contributed by atoms with Crippen LogP contribution in [0.15, 0.2) is 12.3 Å². The number of halogens is 1. The van der Waals surface area contributed by atoms with Gasteiger partial charge in [0.25, 0.3) is 5.91 Å². The van der Waals surface area contributed by atoms with Crippen molar-refractivity contribution in [2.45, 2.75) is 12.5 Å². The van der Waals surface area contributed by atoms with Crippen LogP contribution in [0.25, 0.3) is 0 Å². The molecule has 0 radical (unpaired) electrons. The molecule has 0 spiro atoms. The molecule has 1 fully saturated rings. The maximum atomic E-state index is 12.3. The maximum Gasteiger partial charge on any atom is 0.257 e. The van der Waals surface area contributed by atoms with Crippen LogP contribution < -0.4 is 5.73 Å². The predicted molar refractivity (Wildman–Crippen MR) is 72.8 cm³/mol. The van der Waals surface area contributed by atoms with Crippen molar-refractivity contribution >= 4 is 33.0 Å². The summed E-state index contributed by atoms with van der Waals surface area (Å²) in [4.78, 5) is 17.5. The Morgan fingerprint density at radius 2 is 2.26 bits per heavy atom. The van der Waals surface area contributed by atoms with E-state index in [1.807, 2.05) is 0 Å². The van der Waals surface area contributed by atoms with E-state index in [4.69, 9.17) is 17.3 Å². The van der Waals surface area contributed by atoms with Crippen LogP contribution in [0.5, 0.6) is 0 Å². The van der Waals surface area contributed by atoms with Gasteiger partial charge in [0, 0.05) is 13.1 Å². The van der Waals surface area contributed by atoms with Gasteiger partial charge in [-0.3, -0.25) is 4.79 Å². The van der Waals surface area contributed by atoms with E-state index in [2.05, 4.69) is 4.98 Å². The number of nitrogens with two attached hydrogens (primary N) is 1. The zero-order chi connectivity index (χ0) is 14.2. The Labute approximate surface area is 116 Å². The minimum Gasteiger partial charge on any atom is -0.397 e. The molecule has 1 aromatic heterocycles. The van der Waals surface area contributed by atoms with Crippen LogP contribution in [0.3, 0.4) is 0 Å². The lowest BCUT2D eigenvalue weighted by atomic mass is 10.2. The summed E-state index contributed by atoms with van der Waals surface area (Å²) in [6, 6.07) is 1.12. The van der Waals surface area contributed by atoms with E-state index in [1.54, 1.807) is 7.05 Å². The second kappa shape index (κ2) is 4.97. The molecule has 2 rings (SSSR count). The Balaban J connectivity index is 2.22. The standard InChI is InChI=1S/C11H14ClN3O3S/c1-15(8-2-3-19(17,18)6-8)11(16)9-4-7(13)5-14-10(9)12/h4-5,8H,2-3,6,13H2,1H3. The summed E-state index contributed by atoms with van der Waals surface area (Å²) in [5, 5.41) is 0.0619. The molecular formula is C11H14ClN3O3S. The first kappa shape index (κ1) is 14.1. The second-order valence-electron chi connectivity index (χ2n) is 4.58. The number of nitrogens with zero attached hydrogens (tertiary/aromatic N) is 2. The molecule has 19 heavy (non-hydrogen) atoms. The highest BCUT2D eigenvalue weighted by Crippen LogP contribution is 2.22. The number of sulfone groups is 1. The number of nitrogen functional groups attached to an aromatic ring is 1. The molecule has 1 unspecified atom stereocenters. The Bertz CT molecular complexity index is 618. The summed E-state index contributed by atoms with van der Waals surface area (Å²) >= 11 is 5.87. The number of amides is 1. The fraction of sp³-hybridized carbons (Fsp3) is 0.455. The molecule has 0 aromatic carbocycles. The molecule has 0 saturated carbocycles. The number of carbonyl (C=O) groups is 1. The Morgan fingerprint density at radius 3 is 2.84 bits per heavy atom. The van der Waals surface area contributed by atoms with Crippen LogP contribution in [-0.4, -0.2) is 48.8 Å². The van der Waals surface area contributed by atoms with E-state index in [9.17, 15) is 13.2 Å². The number of aromatic nitrogens is 1. The van der Waals surface area contributed by atoms with E-state index >= 15 is 0 Å². The molecule has 0 bridgehead atoms. The van der Waals surface area contributed by atoms with Crippen LogP contribution >= 0.6 is 11.6 Å². The first-order valence-corrected chi connectivity index (χ1v) is 7.89. The lowest BCUT2D eigenvalue weighted by molar-refractivity contribution is 0.0747. The van der Waals surface area contributed by atoms with Crippen molar-refractivity contribution < 1.29 is 13.2 Å². The van der Waals surface area contributed by atoms with Crippen molar-refractivity contribution in [3.63, 3.8) is 0 Å². The van der Waals surface area contributed by atoms with Gasteiger partial charge in [-0.1, -0.05) is 11.6 Å². The molecule has 1 atom stereocenters. The Morgan fingerprint density at radius 1 is 1.58 bits per heavy atom. The van der Waals surface area contributed by atoms with Gasteiger partial charge in [-0.15, -0.1) is 0 Å². The van der Waals surface area contributed by atoms with Crippen LogP contribution in [0.2, 0.25) is 5.15 Å². The summed E-state index contributed by atoms with van der Waals surface area (Å²) in [5.74, 6) is -0.271. The predicted octanol–water partition coefficient (Wildman–Crippen LogP) is 0.576. The van der Waals surface area contributed by atoms with Gasteiger partial charge in [0.15, 0.2) is 9.84 Å². The van der Waals surface area contributed by atoms with E-state index in [0.29, 0.717) is 12.1 Å². The summed E-state index contributed by atoms with van der Waals surface area (Å²) in [6.45, 7) is 0. The van der Waals surface area contributed by atoms with Crippen molar-refractivity contribution in [2.24, 2.45) is 0 Å². The molecule has 2 heterocycles. The van der Waals surface area contributed by atoms with Crippen LogP contribution in [0.4, 0.5) is 5.69 Å². The normalized spacial score (nSPS) is 21.3. The number of rotatable bonds is 2. The molecule has 104 valence electrons. The zero-order valence-corrected chi connectivity index (χ0v) is 11.9. The number of carbonyl (C=O) groups excluding carboxylic acids is 1. The Hall–Kier alpha value is -1.34. The summed E-state index contributed by atoms with van der Waals surface area (Å²) in [5.41, 5.74) is 6.10. The van der Waals surface area contributed by atoms with E-state index < -0.39 is 9.84 Å². The third kappa shape index (κ3) is 2.98. The van der Waals surface area contributed by atoms with Gasteiger partial charge in [0.05, 0.1) is 29.0 Å². The molecule has 8 heteroatoms. The Kier molecular flexibility index (Phi) is 3.69. The van der Waals surface area contributed by atoms with Gasteiger partial charge in [-0.05, 0) is 12.5 Å². The summed E-state index contributed by atoms with van der Waals surface area (Å²) in [7, 11) is -1.48. The number of pyridine rings is 1. The highest BCUT2D eigenvalue weighted by atomic mass is 35.5. The van der Waals surface area contributed by atoms with Gasteiger partial charge >= 0.3 is 0 Å². The second-order valence-corrected chi connectivity index (χ2v) is 7.17. The quantitative estimate of drug-likeness (QED) is 0.807. The van der Waals surface area contributed by atoms with Crippen molar-refractivity contribution in [3.05, 3.63) is 23.0 Å². The number of anilines is 1. The number of hydrogen-bond acceptors (Lipinski definition) is 5. The first-order chi connectivity index (χ1) is 8.80.